The van der Waals surface area contributed by atoms with Crippen LogP contribution in [-0.4, -0.2) is 37.1 Å². The molecular weight excluding hydrogens is 350 g/mol. The molecule has 1 aromatic carbocycles. The summed E-state index contributed by atoms with van der Waals surface area (Å²) in [6, 6.07) is 6.28. The fraction of sp³-hybridized carbons (Fsp3) is 0.368. The Balaban J connectivity index is 2.24. The normalized spacial score (nSPS) is 19.4. The maximum Gasteiger partial charge on any atom is 0.336 e. The molecule has 3 rings (SSSR count). The number of nitro benzene ring substituents is 1. The van der Waals surface area contributed by atoms with E-state index >= 15 is 0 Å². The van der Waals surface area contributed by atoms with Gasteiger partial charge in [0, 0.05) is 29.1 Å². The molecule has 1 atom stereocenters. The lowest BCUT2D eigenvalue weighted by molar-refractivity contribution is -0.384. The topological polar surface area (TPSA) is 103 Å². The van der Waals surface area contributed by atoms with Gasteiger partial charge < -0.3 is 14.8 Å². The van der Waals surface area contributed by atoms with E-state index in [2.05, 4.69) is 10.3 Å². The minimum atomic E-state index is -0.564. The highest BCUT2D eigenvalue weighted by Crippen LogP contribution is 2.41. The number of rotatable bonds is 5. The van der Waals surface area contributed by atoms with Crippen LogP contribution in [0.3, 0.4) is 0 Å². The molecule has 0 saturated carbocycles. The van der Waals surface area contributed by atoms with Crippen LogP contribution in [0, 0.1) is 10.1 Å². The molecule has 0 saturated heterocycles. The monoisotopic (exact) mass is 371 g/mol. The van der Waals surface area contributed by atoms with Gasteiger partial charge in [-0.3, -0.25) is 10.1 Å². The highest BCUT2D eigenvalue weighted by atomic mass is 16.6. The van der Waals surface area contributed by atoms with Crippen molar-refractivity contribution in [2.75, 3.05) is 20.3 Å². The summed E-state index contributed by atoms with van der Waals surface area (Å²) < 4.78 is 10.7. The lowest BCUT2D eigenvalue weighted by Gasteiger charge is -2.31. The Bertz CT molecular complexity index is 885. The summed E-state index contributed by atoms with van der Waals surface area (Å²) in [6.07, 6.45) is 0.662. The molecule has 0 aromatic heterocycles. The van der Waals surface area contributed by atoms with Crippen LogP contribution in [0.15, 0.2) is 51.8 Å². The second kappa shape index (κ2) is 7.61. The zero-order valence-corrected chi connectivity index (χ0v) is 15.4. The number of hydrogen-bond acceptors (Lipinski definition) is 7. The van der Waals surface area contributed by atoms with Gasteiger partial charge in [0.25, 0.3) is 5.69 Å². The molecule has 142 valence electrons. The molecule has 0 bridgehead atoms. The number of methoxy groups -OCH3 is 1. The Kier molecular flexibility index (Phi) is 5.25. The Labute approximate surface area is 156 Å². The highest BCUT2D eigenvalue weighted by molar-refractivity contribution is 6.02. The van der Waals surface area contributed by atoms with Crippen molar-refractivity contribution in [3.63, 3.8) is 0 Å². The molecule has 0 amide bonds. The van der Waals surface area contributed by atoms with E-state index < -0.39 is 16.8 Å². The number of ether oxygens (including phenoxy) is 2. The molecule has 8 nitrogen and oxygen atoms in total. The number of esters is 1. The van der Waals surface area contributed by atoms with Crippen LogP contribution in [0.25, 0.3) is 0 Å². The van der Waals surface area contributed by atoms with Crippen molar-refractivity contribution in [1.82, 2.24) is 5.32 Å². The number of aliphatic imine (C=N–C) groups is 1. The van der Waals surface area contributed by atoms with Crippen molar-refractivity contribution in [1.29, 1.82) is 0 Å². The second-order valence-corrected chi connectivity index (χ2v) is 6.22. The number of carbonyl (C=O) groups excluding carboxylic acids is 1. The lowest BCUT2D eigenvalue weighted by Crippen LogP contribution is -2.32. The molecule has 8 heteroatoms. The smallest absolute Gasteiger partial charge is 0.336 e. The quantitative estimate of drug-likeness (QED) is 0.485. The fourth-order valence-corrected chi connectivity index (χ4v) is 3.46. The maximum atomic E-state index is 12.6. The minimum Gasteiger partial charge on any atom is -0.476 e. The SMILES string of the molecule is CCC1=C(C2=NCCO2)C(c2cccc([N+](=O)[O-])c2)C(C(=O)OC)=C(C)N1. The molecular formula is C19H21N3O5. The summed E-state index contributed by atoms with van der Waals surface area (Å²) in [5, 5.41) is 14.5. The predicted molar refractivity (Wildman–Crippen MR) is 99.3 cm³/mol. The van der Waals surface area contributed by atoms with Crippen LogP contribution >= 0.6 is 0 Å². The molecule has 1 N–H and O–H groups in total. The van der Waals surface area contributed by atoms with Gasteiger partial charge >= 0.3 is 5.97 Å². The first-order valence-electron chi connectivity index (χ1n) is 8.69. The Hall–Kier alpha value is -3.16. The maximum absolute atomic E-state index is 12.6. The summed E-state index contributed by atoms with van der Waals surface area (Å²) in [4.78, 5) is 27.8. The van der Waals surface area contributed by atoms with Crippen LogP contribution in [0.4, 0.5) is 5.69 Å². The Morgan fingerprint density at radius 3 is 2.85 bits per heavy atom. The van der Waals surface area contributed by atoms with Gasteiger partial charge in [-0.15, -0.1) is 0 Å². The highest BCUT2D eigenvalue weighted by Gasteiger charge is 2.38. The van der Waals surface area contributed by atoms with E-state index in [1.54, 1.807) is 19.1 Å². The molecule has 0 spiro atoms. The van der Waals surface area contributed by atoms with Crippen molar-refractivity contribution in [3.05, 3.63) is 62.5 Å². The van der Waals surface area contributed by atoms with E-state index in [0.717, 1.165) is 11.3 Å². The Morgan fingerprint density at radius 1 is 1.48 bits per heavy atom. The van der Waals surface area contributed by atoms with E-state index in [0.29, 0.717) is 42.3 Å². The first kappa shape index (κ1) is 18.6. The largest absolute Gasteiger partial charge is 0.476 e. The molecule has 0 radical (unpaired) electrons. The van der Waals surface area contributed by atoms with Crippen LogP contribution in [-0.2, 0) is 14.3 Å². The zero-order chi connectivity index (χ0) is 19.6. The molecule has 27 heavy (non-hydrogen) atoms. The second-order valence-electron chi connectivity index (χ2n) is 6.22. The van der Waals surface area contributed by atoms with E-state index in [1.807, 2.05) is 6.92 Å². The summed E-state index contributed by atoms with van der Waals surface area (Å²) >= 11 is 0. The number of benzene rings is 1. The summed E-state index contributed by atoms with van der Waals surface area (Å²) in [7, 11) is 1.31. The molecule has 1 unspecified atom stereocenters. The van der Waals surface area contributed by atoms with Crippen molar-refractivity contribution in [3.8, 4) is 0 Å². The number of non-ortho nitro benzene ring substituents is 1. The number of nitro groups is 1. The first-order chi connectivity index (χ1) is 13.0. The standard InChI is InChI=1S/C19H21N3O5/c1-4-14-17(18-20-8-9-27-18)16(15(11(2)21-14)19(23)26-3)12-6-5-7-13(10-12)22(24)25/h5-7,10,16,21H,4,8-9H2,1-3H3. The van der Waals surface area contributed by atoms with Crippen LogP contribution in [0.1, 0.15) is 31.7 Å². The number of nitrogens with zero attached hydrogens (tertiary/aromatic N) is 2. The van der Waals surface area contributed by atoms with Gasteiger partial charge in [0.2, 0.25) is 5.90 Å². The van der Waals surface area contributed by atoms with Gasteiger partial charge in [-0.05, 0) is 18.9 Å². The van der Waals surface area contributed by atoms with E-state index in [4.69, 9.17) is 9.47 Å². The van der Waals surface area contributed by atoms with Crippen molar-refractivity contribution < 1.29 is 19.2 Å². The molecule has 0 fully saturated rings. The fourth-order valence-electron chi connectivity index (χ4n) is 3.46. The van der Waals surface area contributed by atoms with Gasteiger partial charge in [0.1, 0.15) is 6.61 Å². The van der Waals surface area contributed by atoms with Gasteiger partial charge in [0.15, 0.2) is 0 Å². The molecule has 2 aliphatic heterocycles. The molecule has 1 aromatic rings. The van der Waals surface area contributed by atoms with Crippen molar-refractivity contribution >= 4 is 17.6 Å². The molecule has 2 heterocycles. The Morgan fingerprint density at radius 2 is 2.26 bits per heavy atom. The zero-order valence-electron chi connectivity index (χ0n) is 15.4. The van der Waals surface area contributed by atoms with Gasteiger partial charge in [-0.2, -0.15) is 0 Å². The van der Waals surface area contributed by atoms with Crippen LogP contribution in [0.2, 0.25) is 0 Å². The summed E-state index contributed by atoms with van der Waals surface area (Å²) in [5.41, 5.74) is 3.21. The third-order valence-electron chi connectivity index (χ3n) is 4.63. The van der Waals surface area contributed by atoms with E-state index in [-0.39, 0.29) is 5.69 Å². The number of carbonyl (C=O) groups is 1. The average Bonchev–Trinajstić information content (AvgIpc) is 3.20. The van der Waals surface area contributed by atoms with E-state index in [1.165, 1.54) is 19.2 Å². The third kappa shape index (κ3) is 3.42. The van der Waals surface area contributed by atoms with Crippen molar-refractivity contribution in [2.24, 2.45) is 4.99 Å². The summed E-state index contributed by atoms with van der Waals surface area (Å²) in [5.74, 6) is -0.599. The average molecular weight is 371 g/mol. The van der Waals surface area contributed by atoms with Gasteiger partial charge in [0.05, 0.1) is 30.1 Å². The van der Waals surface area contributed by atoms with Gasteiger partial charge in [-0.1, -0.05) is 19.1 Å². The van der Waals surface area contributed by atoms with Crippen LogP contribution in [0.5, 0.6) is 0 Å². The predicted octanol–water partition coefficient (Wildman–Crippen LogP) is 2.82. The summed E-state index contributed by atoms with van der Waals surface area (Å²) in [6.45, 7) is 4.78. The van der Waals surface area contributed by atoms with Gasteiger partial charge in [-0.25, -0.2) is 9.79 Å². The number of dihydropyridines is 1. The number of allylic oxidation sites excluding steroid dienone is 2. The number of hydrogen-bond donors (Lipinski definition) is 1. The van der Waals surface area contributed by atoms with Crippen LogP contribution < -0.4 is 5.32 Å². The van der Waals surface area contributed by atoms with Crippen molar-refractivity contribution in [2.45, 2.75) is 26.2 Å². The van der Waals surface area contributed by atoms with E-state index in [9.17, 15) is 14.9 Å². The molecule has 2 aliphatic rings. The molecule has 0 aliphatic carbocycles. The lowest BCUT2D eigenvalue weighted by atomic mass is 9.79. The minimum absolute atomic E-state index is 0.0421. The third-order valence-corrected chi connectivity index (χ3v) is 4.63. The first-order valence-corrected chi connectivity index (χ1v) is 8.69. The number of nitrogens with one attached hydrogen (secondary N) is 1.